The summed E-state index contributed by atoms with van der Waals surface area (Å²) in [5.74, 6) is 2.54. The Morgan fingerprint density at radius 1 is 0.574 bits per heavy atom. The zero-order chi connectivity index (χ0) is 37.4. The molecule has 0 unspecified atom stereocenters. The van der Waals surface area contributed by atoms with Gasteiger partial charge in [-0.3, -0.25) is 0 Å². The maximum absolute atomic E-state index is 7.06. The largest absolute Gasteiger partial charge is 0.466 e. The molecule has 0 N–H and O–H groups in total. The monoisotopic (exact) mass is 721 g/mol. The van der Waals surface area contributed by atoms with E-state index in [1.807, 2.05) is 17.8 Å². The third-order valence-electron chi connectivity index (χ3n) is 10.8. The minimum atomic E-state index is -0.116. The minimum absolute atomic E-state index is 0.0692. The van der Waals surface area contributed by atoms with Crippen molar-refractivity contribution in [1.82, 2.24) is 0 Å². The molecule has 54 heavy (non-hydrogen) atoms. The predicted molar refractivity (Wildman–Crippen MR) is 228 cm³/mol. The Balaban J connectivity index is 1.22. The van der Waals surface area contributed by atoms with E-state index in [2.05, 4.69) is 187 Å². The number of furan rings is 1. The second kappa shape index (κ2) is 12.9. The molecule has 0 saturated heterocycles. The van der Waals surface area contributed by atoms with Gasteiger partial charge in [0.15, 0.2) is 5.75 Å². The first-order valence-electron chi connectivity index (χ1n) is 18.9. The van der Waals surface area contributed by atoms with Gasteiger partial charge in [-0.1, -0.05) is 150 Å². The summed E-state index contributed by atoms with van der Waals surface area (Å²) in [6.07, 6.45) is 0. The normalized spacial score (nSPS) is 13.1. The van der Waals surface area contributed by atoms with Crippen LogP contribution in [-0.4, -0.2) is 6.71 Å². The van der Waals surface area contributed by atoms with E-state index in [1.54, 1.807) is 0 Å². The number of fused-ring (bicyclic) bond motifs is 4. The van der Waals surface area contributed by atoms with Crippen LogP contribution in [0, 0.1) is 6.92 Å². The molecule has 7 aromatic rings. The topological polar surface area (TPSA) is 25.6 Å². The minimum Gasteiger partial charge on any atom is -0.466 e. The van der Waals surface area contributed by atoms with Crippen LogP contribution in [0.1, 0.15) is 58.2 Å². The molecule has 0 fully saturated rings. The molecule has 1 aromatic heterocycles. The van der Waals surface area contributed by atoms with Gasteiger partial charge in [-0.2, -0.15) is 0 Å². The van der Waals surface area contributed by atoms with Crippen LogP contribution < -0.4 is 26.2 Å². The Labute approximate surface area is 324 Å². The van der Waals surface area contributed by atoms with Gasteiger partial charge in [0.1, 0.15) is 17.2 Å². The van der Waals surface area contributed by atoms with Crippen molar-refractivity contribution in [1.29, 1.82) is 0 Å². The zero-order valence-corrected chi connectivity index (χ0v) is 32.8. The summed E-state index contributed by atoms with van der Waals surface area (Å²) in [5, 5.41) is 0. The molecule has 5 heteroatoms. The van der Waals surface area contributed by atoms with Gasteiger partial charge in [0.25, 0.3) is 6.71 Å². The Morgan fingerprint density at radius 2 is 1.13 bits per heavy atom. The smallest absolute Gasteiger partial charge is 0.299 e. The predicted octanol–water partition coefficient (Wildman–Crippen LogP) is 12.1. The van der Waals surface area contributed by atoms with E-state index in [4.69, 9.17) is 9.15 Å². The van der Waals surface area contributed by atoms with Crippen molar-refractivity contribution >= 4 is 52.1 Å². The molecule has 0 amide bonds. The molecule has 0 radical (unpaired) electrons. The average Bonchev–Trinajstić information content (AvgIpc) is 3.54. The van der Waals surface area contributed by atoms with Crippen LogP contribution in [-0.2, 0) is 10.8 Å². The van der Waals surface area contributed by atoms with E-state index in [9.17, 15) is 0 Å². The highest BCUT2D eigenvalue weighted by atomic mass is 32.2. The Hall–Kier alpha value is -5.39. The van der Waals surface area contributed by atoms with Crippen molar-refractivity contribution in [3.05, 3.63) is 156 Å². The third kappa shape index (κ3) is 5.96. The van der Waals surface area contributed by atoms with Crippen LogP contribution in [0.25, 0.3) is 22.5 Å². The van der Waals surface area contributed by atoms with E-state index in [1.165, 1.54) is 37.4 Å². The molecule has 0 bridgehead atoms. The number of aryl methyl sites for hydroxylation is 1. The van der Waals surface area contributed by atoms with E-state index in [0.717, 1.165) is 56.7 Å². The maximum atomic E-state index is 7.06. The first-order valence-corrected chi connectivity index (χ1v) is 19.7. The number of anilines is 3. The fraction of sp³-hybridized carbons (Fsp3) is 0.184. The molecule has 0 saturated carbocycles. The lowest BCUT2D eigenvalue weighted by Crippen LogP contribution is -2.57. The number of rotatable bonds is 5. The van der Waals surface area contributed by atoms with Gasteiger partial charge in [0.2, 0.25) is 0 Å². The standard InChI is InChI=1S/C49H44BNO2S/c1-31-28-40-44-42(29-31)54-41-30-38(51(36-22-18-34(19-23-36)48(2,3)4)37-24-20-35(21-25-37)49(5,6)7)26-27-39(41)50(44)47-46(52-40)43(32-14-10-8-11-15-32)45(53-47)33-16-12-9-13-17-33/h8-30H,1-7H3. The summed E-state index contributed by atoms with van der Waals surface area (Å²) >= 11 is 1.83. The lowest BCUT2D eigenvalue weighted by molar-refractivity contribution is 0.477. The van der Waals surface area contributed by atoms with Crippen LogP contribution in [0.4, 0.5) is 17.1 Å². The number of hydrogen-bond donors (Lipinski definition) is 0. The zero-order valence-electron chi connectivity index (χ0n) is 32.0. The van der Waals surface area contributed by atoms with E-state index in [0.29, 0.717) is 0 Å². The number of hydrogen-bond acceptors (Lipinski definition) is 4. The summed E-state index contributed by atoms with van der Waals surface area (Å²) < 4.78 is 14.0. The van der Waals surface area contributed by atoms with Crippen LogP contribution in [0.5, 0.6) is 11.5 Å². The molecular formula is C49H44BNO2S. The molecule has 3 heterocycles. The van der Waals surface area contributed by atoms with Crippen LogP contribution in [0.3, 0.4) is 0 Å². The van der Waals surface area contributed by atoms with Gasteiger partial charge >= 0.3 is 0 Å². The maximum Gasteiger partial charge on any atom is 0.299 e. The third-order valence-corrected chi connectivity index (χ3v) is 11.9. The first-order chi connectivity index (χ1) is 25.9. The van der Waals surface area contributed by atoms with Gasteiger partial charge in [0, 0.05) is 32.4 Å². The average molecular weight is 722 g/mol. The molecular weight excluding hydrogens is 677 g/mol. The number of nitrogens with zero attached hydrogens (tertiary/aromatic N) is 1. The molecule has 0 aliphatic carbocycles. The molecule has 2 aliphatic heterocycles. The van der Waals surface area contributed by atoms with Gasteiger partial charge < -0.3 is 14.1 Å². The highest BCUT2D eigenvalue weighted by molar-refractivity contribution is 8.00. The summed E-state index contributed by atoms with van der Waals surface area (Å²) in [4.78, 5) is 4.82. The Kier molecular flexibility index (Phi) is 8.20. The van der Waals surface area contributed by atoms with Crippen molar-refractivity contribution in [2.75, 3.05) is 4.90 Å². The van der Waals surface area contributed by atoms with Crippen molar-refractivity contribution in [3.63, 3.8) is 0 Å². The molecule has 0 spiro atoms. The Bertz CT molecular complexity index is 2450. The summed E-state index contributed by atoms with van der Waals surface area (Å²) in [6.45, 7) is 15.6. The highest BCUT2D eigenvalue weighted by Gasteiger charge is 2.44. The molecule has 9 rings (SSSR count). The fourth-order valence-corrected chi connectivity index (χ4v) is 9.18. The second-order valence-electron chi connectivity index (χ2n) is 16.7. The van der Waals surface area contributed by atoms with E-state index in [-0.39, 0.29) is 17.5 Å². The highest BCUT2D eigenvalue weighted by Crippen LogP contribution is 2.47. The summed E-state index contributed by atoms with van der Waals surface area (Å²) in [6, 6.07) is 50.5. The molecule has 0 atom stereocenters. The van der Waals surface area contributed by atoms with Gasteiger partial charge in [-0.25, -0.2) is 0 Å². The van der Waals surface area contributed by atoms with Crippen LogP contribution in [0.15, 0.2) is 154 Å². The van der Waals surface area contributed by atoms with E-state index >= 15 is 0 Å². The van der Waals surface area contributed by atoms with Gasteiger partial charge in [-0.15, -0.1) is 0 Å². The molecule has 6 aromatic carbocycles. The molecule has 3 nitrogen and oxygen atoms in total. The summed E-state index contributed by atoms with van der Waals surface area (Å²) in [5.41, 5.74) is 13.7. The first kappa shape index (κ1) is 34.4. The van der Waals surface area contributed by atoms with Crippen molar-refractivity contribution in [2.45, 2.75) is 69.1 Å². The summed E-state index contributed by atoms with van der Waals surface area (Å²) in [7, 11) is 0. The van der Waals surface area contributed by atoms with Crippen LogP contribution >= 0.6 is 11.8 Å². The second-order valence-corrected chi connectivity index (χ2v) is 17.8. The van der Waals surface area contributed by atoms with Gasteiger partial charge in [-0.05, 0) is 94.0 Å². The fourth-order valence-electron chi connectivity index (χ4n) is 7.88. The van der Waals surface area contributed by atoms with Crippen molar-refractivity contribution < 1.29 is 9.15 Å². The van der Waals surface area contributed by atoms with Crippen molar-refractivity contribution in [3.8, 4) is 33.9 Å². The lowest BCUT2D eigenvalue weighted by Gasteiger charge is -2.32. The molecule has 266 valence electrons. The van der Waals surface area contributed by atoms with E-state index < -0.39 is 0 Å². The molecule has 2 aliphatic rings. The van der Waals surface area contributed by atoms with Crippen molar-refractivity contribution in [2.24, 2.45) is 0 Å². The number of ether oxygens (including phenoxy) is 1. The SMILES string of the molecule is Cc1cc2c3c(c1)Sc1cc(N(c4ccc(C(C)(C)C)cc4)c4ccc(C(C)(C)C)cc4)ccc1B3c1oc(-c3ccccc3)c(-c3ccccc3)c1O2. The van der Waals surface area contributed by atoms with Gasteiger partial charge in [0.05, 0.1) is 5.56 Å². The number of benzene rings is 6. The van der Waals surface area contributed by atoms with Crippen LogP contribution in [0.2, 0.25) is 0 Å². The quantitative estimate of drug-likeness (QED) is 0.165. The lowest BCUT2D eigenvalue weighted by atomic mass is 9.37. The Morgan fingerprint density at radius 3 is 1.70 bits per heavy atom.